The van der Waals surface area contributed by atoms with Gasteiger partial charge in [-0.3, -0.25) is 4.79 Å². The lowest BCUT2D eigenvalue weighted by molar-refractivity contribution is -0.0328. The number of anilines is 1. The topological polar surface area (TPSA) is 62.1 Å². The fourth-order valence-electron chi connectivity index (χ4n) is 1.85. The van der Waals surface area contributed by atoms with Crippen molar-refractivity contribution in [3.8, 4) is 11.8 Å². The van der Waals surface area contributed by atoms with Crippen LogP contribution in [0.5, 0.6) is 5.75 Å². The van der Waals surface area contributed by atoms with Crippen LogP contribution in [0.4, 0.5) is 18.9 Å². The standard InChI is InChI=1S/C16H11F3N2O2S/c17-16(18,19)24-14-7-2-1-6-13(14)15(22)21-11-4-3-5-12(10-11)23-9-8-20/h1-7,10H,9H2,(H,21,22). The van der Waals surface area contributed by atoms with Gasteiger partial charge < -0.3 is 10.1 Å². The first-order valence-corrected chi connectivity index (χ1v) is 7.46. The minimum absolute atomic E-state index is 0.0804. The Morgan fingerprint density at radius 1 is 1.21 bits per heavy atom. The number of rotatable bonds is 5. The second kappa shape index (κ2) is 7.75. The zero-order valence-electron chi connectivity index (χ0n) is 12.1. The van der Waals surface area contributed by atoms with E-state index in [9.17, 15) is 18.0 Å². The van der Waals surface area contributed by atoms with Crippen molar-refractivity contribution in [3.63, 3.8) is 0 Å². The fourth-order valence-corrected chi connectivity index (χ4v) is 2.51. The van der Waals surface area contributed by atoms with E-state index in [1.54, 1.807) is 18.2 Å². The minimum atomic E-state index is -4.48. The van der Waals surface area contributed by atoms with Crippen molar-refractivity contribution in [1.82, 2.24) is 0 Å². The Labute approximate surface area is 140 Å². The van der Waals surface area contributed by atoms with E-state index in [0.717, 1.165) is 0 Å². The number of amides is 1. The molecule has 8 heteroatoms. The van der Waals surface area contributed by atoms with Gasteiger partial charge in [0.2, 0.25) is 0 Å². The van der Waals surface area contributed by atoms with Crippen molar-refractivity contribution < 1.29 is 22.7 Å². The average Bonchev–Trinajstić information content (AvgIpc) is 2.52. The van der Waals surface area contributed by atoms with Gasteiger partial charge in [-0.25, -0.2) is 0 Å². The monoisotopic (exact) mass is 352 g/mol. The molecule has 0 aromatic heterocycles. The molecular weight excluding hydrogens is 341 g/mol. The van der Waals surface area contributed by atoms with Gasteiger partial charge in [-0.15, -0.1) is 0 Å². The van der Waals surface area contributed by atoms with Crippen LogP contribution in [0.1, 0.15) is 10.4 Å². The zero-order valence-corrected chi connectivity index (χ0v) is 12.9. The summed E-state index contributed by atoms with van der Waals surface area (Å²) in [5, 5.41) is 11.0. The molecule has 0 fully saturated rings. The van der Waals surface area contributed by atoms with E-state index in [0.29, 0.717) is 11.4 Å². The number of ether oxygens (including phenoxy) is 1. The highest BCUT2D eigenvalue weighted by atomic mass is 32.2. The molecule has 0 heterocycles. The van der Waals surface area contributed by atoms with Crippen molar-refractivity contribution in [2.24, 2.45) is 0 Å². The van der Waals surface area contributed by atoms with Gasteiger partial charge in [0.15, 0.2) is 6.61 Å². The van der Waals surface area contributed by atoms with Gasteiger partial charge in [0.05, 0.1) is 5.56 Å². The third kappa shape index (κ3) is 5.21. The van der Waals surface area contributed by atoms with Crippen LogP contribution in [0.3, 0.4) is 0 Å². The van der Waals surface area contributed by atoms with Crippen molar-refractivity contribution in [2.45, 2.75) is 10.4 Å². The third-order valence-corrected chi connectivity index (χ3v) is 3.56. The Hall–Kier alpha value is -2.66. The van der Waals surface area contributed by atoms with Gasteiger partial charge in [-0.2, -0.15) is 18.4 Å². The van der Waals surface area contributed by atoms with Gasteiger partial charge >= 0.3 is 5.51 Å². The van der Waals surface area contributed by atoms with Crippen LogP contribution in [0.25, 0.3) is 0 Å². The van der Waals surface area contributed by atoms with E-state index in [1.807, 2.05) is 6.07 Å². The number of carbonyl (C=O) groups is 1. The normalized spacial score (nSPS) is 10.8. The summed E-state index contributed by atoms with van der Waals surface area (Å²) < 4.78 is 42.8. The molecular formula is C16H11F3N2O2S. The quantitative estimate of drug-likeness (QED) is 0.808. The second-order valence-corrected chi connectivity index (χ2v) is 5.58. The van der Waals surface area contributed by atoms with Gasteiger partial charge in [0.1, 0.15) is 11.8 Å². The van der Waals surface area contributed by atoms with Crippen LogP contribution in [0.15, 0.2) is 53.4 Å². The molecule has 0 bridgehead atoms. The highest BCUT2D eigenvalue weighted by molar-refractivity contribution is 8.00. The molecule has 2 aromatic rings. The number of nitrogens with one attached hydrogen (secondary N) is 1. The first-order chi connectivity index (χ1) is 11.4. The van der Waals surface area contributed by atoms with Gasteiger partial charge in [-0.1, -0.05) is 18.2 Å². The first-order valence-electron chi connectivity index (χ1n) is 6.65. The van der Waals surface area contributed by atoms with Crippen molar-refractivity contribution >= 4 is 23.4 Å². The molecule has 4 nitrogen and oxygen atoms in total. The lowest BCUT2D eigenvalue weighted by Crippen LogP contribution is -2.14. The Morgan fingerprint density at radius 3 is 2.67 bits per heavy atom. The van der Waals surface area contributed by atoms with Gasteiger partial charge in [-0.05, 0) is 36.0 Å². The van der Waals surface area contributed by atoms with E-state index in [1.165, 1.54) is 30.3 Å². The van der Waals surface area contributed by atoms with Crippen LogP contribution in [-0.2, 0) is 0 Å². The molecule has 0 aliphatic carbocycles. The molecule has 0 aliphatic heterocycles. The number of hydrogen-bond donors (Lipinski definition) is 1. The summed E-state index contributed by atoms with van der Waals surface area (Å²) in [7, 11) is 0. The summed E-state index contributed by atoms with van der Waals surface area (Å²) in [6.07, 6.45) is 0. The number of hydrogen-bond acceptors (Lipinski definition) is 4. The largest absolute Gasteiger partial charge is 0.479 e. The summed E-state index contributed by atoms with van der Waals surface area (Å²) in [5.41, 5.74) is -4.22. The zero-order chi connectivity index (χ0) is 17.6. The SMILES string of the molecule is N#CCOc1cccc(NC(=O)c2ccccc2SC(F)(F)F)c1. The minimum Gasteiger partial charge on any atom is -0.479 e. The molecule has 24 heavy (non-hydrogen) atoms. The molecule has 0 spiro atoms. The molecule has 2 rings (SSSR count). The molecule has 2 aromatic carbocycles. The number of benzene rings is 2. The fraction of sp³-hybridized carbons (Fsp3) is 0.125. The van der Waals surface area contributed by atoms with Crippen molar-refractivity contribution in [1.29, 1.82) is 5.26 Å². The number of alkyl halides is 3. The van der Waals surface area contributed by atoms with Gasteiger partial charge in [0.25, 0.3) is 5.91 Å². The van der Waals surface area contributed by atoms with Gasteiger partial charge in [0, 0.05) is 16.6 Å². The second-order valence-electron chi connectivity index (χ2n) is 4.47. The highest BCUT2D eigenvalue weighted by Gasteiger charge is 2.31. The Morgan fingerprint density at radius 2 is 1.96 bits per heavy atom. The van der Waals surface area contributed by atoms with E-state index in [2.05, 4.69) is 5.32 Å². The number of carbonyl (C=O) groups excluding carboxylic acids is 1. The van der Waals surface area contributed by atoms with Crippen molar-refractivity contribution in [3.05, 3.63) is 54.1 Å². The number of nitriles is 1. The number of nitrogens with zero attached hydrogens (tertiary/aromatic N) is 1. The smallest absolute Gasteiger partial charge is 0.446 e. The van der Waals surface area contributed by atoms with Crippen LogP contribution in [0, 0.1) is 11.3 Å². The molecule has 0 atom stereocenters. The Kier molecular flexibility index (Phi) is 5.71. The van der Waals surface area contributed by atoms with Crippen LogP contribution in [-0.4, -0.2) is 18.0 Å². The van der Waals surface area contributed by atoms with Crippen LogP contribution >= 0.6 is 11.8 Å². The lowest BCUT2D eigenvalue weighted by atomic mass is 10.2. The summed E-state index contributed by atoms with van der Waals surface area (Å²) >= 11 is -0.341. The Balaban J connectivity index is 2.17. The van der Waals surface area contributed by atoms with Crippen LogP contribution < -0.4 is 10.1 Å². The molecule has 0 aliphatic rings. The summed E-state index contributed by atoms with van der Waals surface area (Å²) in [6, 6.07) is 13.5. The molecule has 0 saturated heterocycles. The third-order valence-electron chi connectivity index (χ3n) is 2.75. The summed E-state index contributed by atoms with van der Waals surface area (Å²) in [6.45, 7) is -0.150. The van der Waals surface area contributed by atoms with Crippen molar-refractivity contribution in [2.75, 3.05) is 11.9 Å². The molecule has 1 N–H and O–H groups in total. The molecule has 0 unspecified atom stereocenters. The summed E-state index contributed by atoms with van der Waals surface area (Å²) in [4.78, 5) is 12.1. The maximum absolute atomic E-state index is 12.6. The maximum atomic E-state index is 12.6. The molecule has 0 radical (unpaired) electrons. The lowest BCUT2D eigenvalue weighted by Gasteiger charge is -2.12. The molecule has 1 amide bonds. The van der Waals surface area contributed by atoms with Crippen LogP contribution in [0.2, 0.25) is 0 Å². The molecule has 124 valence electrons. The predicted octanol–water partition coefficient (Wildman–Crippen LogP) is 4.45. The Bertz CT molecular complexity index is 772. The number of halogens is 3. The highest BCUT2D eigenvalue weighted by Crippen LogP contribution is 2.38. The summed E-state index contributed by atoms with van der Waals surface area (Å²) in [5.74, 6) is -0.299. The predicted molar refractivity (Wildman–Crippen MR) is 83.9 cm³/mol. The van der Waals surface area contributed by atoms with E-state index >= 15 is 0 Å². The van der Waals surface area contributed by atoms with E-state index in [-0.39, 0.29) is 28.8 Å². The number of thioether (sulfide) groups is 1. The first kappa shape index (κ1) is 17.7. The average molecular weight is 352 g/mol. The van der Waals surface area contributed by atoms with E-state index < -0.39 is 11.4 Å². The van der Waals surface area contributed by atoms with E-state index in [4.69, 9.17) is 10.00 Å². The maximum Gasteiger partial charge on any atom is 0.446 e. The molecule has 0 saturated carbocycles.